The standard InChI is InChI=1S/C18H17ClN4O3/c1-10-13(16(24)23-18(22-10)20-9-21-23)6-7-26-17(25)15-8-14(15)11-2-4-12(19)5-3-11/h2-5,9,14-15H,6-8H2,1H3,(H,20,21,22)/t14-,15+/m0/s1. The summed E-state index contributed by atoms with van der Waals surface area (Å²) in [5.41, 5.74) is 2.00. The molecule has 0 saturated heterocycles. The Bertz CT molecular complexity index is 1030. The molecule has 26 heavy (non-hydrogen) atoms. The molecule has 134 valence electrons. The van der Waals surface area contributed by atoms with Gasteiger partial charge in [0, 0.05) is 17.0 Å². The van der Waals surface area contributed by atoms with E-state index in [0.717, 1.165) is 12.0 Å². The first-order valence-electron chi connectivity index (χ1n) is 8.38. The van der Waals surface area contributed by atoms with Crippen molar-refractivity contribution in [3.05, 3.63) is 62.8 Å². The molecular formula is C18H17ClN4O3. The van der Waals surface area contributed by atoms with Crippen LogP contribution >= 0.6 is 11.6 Å². The Balaban J connectivity index is 1.36. The lowest BCUT2D eigenvalue weighted by molar-refractivity contribution is -0.145. The molecule has 1 aliphatic rings. The number of rotatable bonds is 5. The molecule has 2 heterocycles. The average Bonchev–Trinajstić information content (AvgIpc) is 3.29. The molecule has 2 aromatic heterocycles. The van der Waals surface area contributed by atoms with Gasteiger partial charge < -0.3 is 4.74 Å². The normalized spacial score (nSPS) is 18.8. The molecule has 0 amide bonds. The second kappa shape index (κ2) is 6.57. The van der Waals surface area contributed by atoms with E-state index in [1.807, 2.05) is 24.3 Å². The molecule has 0 aliphatic heterocycles. The fourth-order valence-electron chi connectivity index (χ4n) is 3.18. The monoisotopic (exact) mass is 372 g/mol. The van der Waals surface area contributed by atoms with E-state index in [9.17, 15) is 9.59 Å². The number of fused-ring (bicyclic) bond motifs is 1. The summed E-state index contributed by atoms with van der Waals surface area (Å²) in [6.07, 6.45) is 2.52. The quantitative estimate of drug-likeness (QED) is 0.694. The molecule has 0 bridgehead atoms. The van der Waals surface area contributed by atoms with Gasteiger partial charge in [0.15, 0.2) is 0 Å². The molecule has 0 spiro atoms. The number of aromatic nitrogens is 4. The zero-order chi connectivity index (χ0) is 18.3. The van der Waals surface area contributed by atoms with Crippen molar-refractivity contribution in [2.24, 2.45) is 5.92 Å². The highest BCUT2D eigenvalue weighted by atomic mass is 35.5. The summed E-state index contributed by atoms with van der Waals surface area (Å²) in [4.78, 5) is 32.9. The van der Waals surface area contributed by atoms with Crippen LogP contribution in [0, 0.1) is 12.8 Å². The van der Waals surface area contributed by atoms with Gasteiger partial charge in [-0.05, 0) is 37.0 Å². The number of ether oxygens (including phenoxy) is 1. The van der Waals surface area contributed by atoms with Gasteiger partial charge in [0.2, 0.25) is 0 Å². The Hall–Kier alpha value is -2.67. The van der Waals surface area contributed by atoms with Crippen molar-refractivity contribution in [3.63, 3.8) is 0 Å². The van der Waals surface area contributed by atoms with Crippen LogP contribution in [-0.4, -0.2) is 32.2 Å². The molecule has 7 nitrogen and oxygen atoms in total. The minimum Gasteiger partial charge on any atom is -0.465 e. The molecule has 0 unspecified atom stereocenters. The summed E-state index contributed by atoms with van der Waals surface area (Å²) in [7, 11) is 0. The van der Waals surface area contributed by atoms with E-state index < -0.39 is 0 Å². The van der Waals surface area contributed by atoms with E-state index >= 15 is 0 Å². The molecular weight excluding hydrogens is 356 g/mol. The molecule has 2 atom stereocenters. The van der Waals surface area contributed by atoms with Crippen LogP contribution in [0.1, 0.15) is 29.2 Å². The van der Waals surface area contributed by atoms with Crippen LogP contribution in [0.4, 0.5) is 0 Å². The van der Waals surface area contributed by atoms with Gasteiger partial charge in [-0.25, -0.2) is 9.97 Å². The predicted octanol–water partition coefficient (Wildman–Crippen LogP) is 2.27. The van der Waals surface area contributed by atoms with Gasteiger partial charge >= 0.3 is 5.97 Å². The van der Waals surface area contributed by atoms with Crippen LogP contribution in [0.25, 0.3) is 5.78 Å². The smallest absolute Gasteiger partial charge is 0.309 e. The number of carbonyl (C=O) groups is 1. The lowest BCUT2D eigenvalue weighted by Crippen LogP contribution is -2.23. The van der Waals surface area contributed by atoms with Crippen molar-refractivity contribution in [2.45, 2.75) is 25.7 Å². The van der Waals surface area contributed by atoms with Crippen molar-refractivity contribution in [2.75, 3.05) is 6.61 Å². The minimum absolute atomic E-state index is 0.119. The summed E-state index contributed by atoms with van der Waals surface area (Å²) < 4.78 is 6.66. The van der Waals surface area contributed by atoms with Crippen LogP contribution in [0.5, 0.6) is 0 Å². The number of nitrogens with zero attached hydrogens (tertiary/aromatic N) is 3. The molecule has 1 aromatic carbocycles. The highest BCUT2D eigenvalue weighted by molar-refractivity contribution is 6.30. The van der Waals surface area contributed by atoms with Crippen LogP contribution in [-0.2, 0) is 16.0 Å². The Morgan fingerprint density at radius 1 is 1.38 bits per heavy atom. The molecule has 0 radical (unpaired) electrons. The van der Waals surface area contributed by atoms with Gasteiger partial charge in [0.05, 0.1) is 18.2 Å². The average molecular weight is 373 g/mol. The van der Waals surface area contributed by atoms with Crippen molar-refractivity contribution in [1.82, 2.24) is 19.6 Å². The van der Waals surface area contributed by atoms with Crippen LogP contribution < -0.4 is 5.56 Å². The number of aryl methyl sites for hydroxylation is 1. The third-order valence-electron chi connectivity index (χ3n) is 4.72. The summed E-state index contributed by atoms with van der Waals surface area (Å²) >= 11 is 5.89. The van der Waals surface area contributed by atoms with Crippen LogP contribution in [0.2, 0.25) is 5.02 Å². The largest absolute Gasteiger partial charge is 0.465 e. The topological polar surface area (TPSA) is 89.3 Å². The Morgan fingerprint density at radius 3 is 2.92 bits per heavy atom. The van der Waals surface area contributed by atoms with Gasteiger partial charge in [-0.15, -0.1) is 0 Å². The van der Waals surface area contributed by atoms with E-state index in [0.29, 0.717) is 28.5 Å². The second-order valence-electron chi connectivity index (χ2n) is 6.42. The number of aromatic amines is 1. The highest BCUT2D eigenvalue weighted by Gasteiger charge is 2.45. The second-order valence-corrected chi connectivity index (χ2v) is 6.86. The zero-order valence-corrected chi connectivity index (χ0v) is 14.9. The maximum Gasteiger partial charge on any atom is 0.309 e. The lowest BCUT2D eigenvalue weighted by Gasteiger charge is -2.07. The fourth-order valence-corrected chi connectivity index (χ4v) is 3.30. The lowest BCUT2D eigenvalue weighted by atomic mass is 10.1. The number of hydrogen-bond donors (Lipinski definition) is 1. The SMILES string of the molecule is Cc1nc2nc[nH]n2c(=O)c1CCOC(=O)[C@@H]1C[C@H]1c1ccc(Cl)cc1. The Kier molecular flexibility index (Phi) is 4.24. The number of benzene rings is 1. The summed E-state index contributed by atoms with van der Waals surface area (Å²) in [6.45, 7) is 1.91. The van der Waals surface area contributed by atoms with Gasteiger partial charge in [0.25, 0.3) is 11.3 Å². The first-order valence-corrected chi connectivity index (χ1v) is 8.76. The number of hydrogen-bond acceptors (Lipinski definition) is 5. The third-order valence-corrected chi connectivity index (χ3v) is 4.97. The molecule has 1 aliphatic carbocycles. The van der Waals surface area contributed by atoms with E-state index in [1.54, 1.807) is 6.92 Å². The summed E-state index contributed by atoms with van der Waals surface area (Å²) in [5.74, 6) is 0.178. The third kappa shape index (κ3) is 3.10. The van der Waals surface area contributed by atoms with Gasteiger partial charge in [-0.3, -0.25) is 14.7 Å². The molecule has 1 fully saturated rings. The number of carbonyl (C=O) groups excluding carboxylic acids is 1. The maximum atomic E-state index is 12.4. The summed E-state index contributed by atoms with van der Waals surface area (Å²) in [6, 6.07) is 7.53. The number of nitrogens with one attached hydrogen (secondary N) is 1. The van der Waals surface area contributed by atoms with Gasteiger partial charge in [-0.2, -0.15) is 4.52 Å². The number of esters is 1. The highest BCUT2D eigenvalue weighted by Crippen LogP contribution is 2.48. The van der Waals surface area contributed by atoms with E-state index in [1.165, 1.54) is 10.8 Å². The van der Waals surface area contributed by atoms with Gasteiger partial charge in [-0.1, -0.05) is 23.7 Å². The van der Waals surface area contributed by atoms with E-state index in [4.69, 9.17) is 16.3 Å². The van der Waals surface area contributed by atoms with Crippen molar-refractivity contribution < 1.29 is 9.53 Å². The summed E-state index contributed by atoms with van der Waals surface area (Å²) in [5, 5.41) is 3.40. The van der Waals surface area contributed by atoms with Crippen molar-refractivity contribution in [1.29, 1.82) is 0 Å². The Morgan fingerprint density at radius 2 is 2.15 bits per heavy atom. The zero-order valence-electron chi connectivity index (χ0n) is 14.1. The Labute approximate surface area is 154 Å². The first-order chi connectivity index (χ1) is 12.5. The minimum atomic E-state index is -0.224. The molecule has 4 rings (SSSR count). The van der Waals surface area contributed by atoms with Crippen molar-refractivity contribution >= 4 is 23.3 Å². The molecule has 3 aromatic rings. The van der Waals surface area contributed by atoms with E-state index in [2.05, 4.69) is 15.1 Å². The number of halogens is 1. The number of H-pyrrole nitrogens is 1. The maximum absolute atomic E-state index is 12.4. The van der Waals surface area contributed by atoms with Crippen molar-refractivity contribution in [3.8, 4) is 0 Å². The predicted molar refractivity (Wildman–Crippen MR) is 95.3 cm³/mol. The molecule has 8 heteroatoms. The molecule has 1 N–H and O–H groups in total. The van der Waals surface area contributed by atoms with Gasteiger partial charge in [0.1, 0.15) is 6.33 Å². The van der Waals surface area contributed by atoms with Crippen LogP contribution in [0.3, 0.4) is 0 Å². The van der Waals surface area contributed by atoms with E-state index in [-0.39, 0.29) is 30.0 Å². The fraction of sp³-hybridized carbons (Fsp3) is 0.333. The molecule has 1 saturated carbocycles. The van der Waals surface area contributed by atoms with Crippen LogP contribution in [0.15, 0.2) is 35.4 Å². The first kappa shape index (κ1) is 16.8.